The fourth-order valence-electron chi connectivity index (χ4n) is 2.32. The summed E-state index contributed by atoms with van der Waals surface area (Å²) in [6.07, 6.45) is 3.16. The summed E-state index contributed by atoms with van der Waals surface area (Å²) in [4.78, 5) is 13.8. The number of amides is 1. The van der Waals surface area contributed by atoms with E-state index in [-0.39, 0.29) is 5.91 Å². The molecule has 0 saturated carbocycles. The Labute approximate surface area is 144 Å². The number of ether oxygens (including phenoxy) is 1. The third-order valence-electron chi connectivity index (χ3n) is 3.53. The SMILES string of the molecule is O=C(/C=C/c1ccc(-c2cc(Cl)ccc2Cl)o1)N1CCOCC1. The molecule has 1 saturated heterocycles. The van der Waals surface area contributed by atoms with Crippen molar-refractivity contribution in [2.75, 3.05) is 26.3 Å². The van der Waals surface area contributed by atoms with Gasteiger partial charge in [0, 0.05) is 29.8 Å². The minimum absolute atomic E-state index is 0.0490. The van der Waals surface area contributed by atoms with Crippen LogP contribution in [0.2, 0.25) is 10.0 Å². The highest BCUT2D eigenvalue weighted by molar-refractivity contribution is 6.35. The van der Waals surface area contributed by atoms with Crippen molar-refractivity contribution in [3.05, 3.63) is 52.2 Å². The standard InChI is InChI=1S/C17H15Cl2NO3/c18-12-1-4-15(19)14(11-12)16-5-2-13(23-16)3-6-17(21)20-7-9-22-10-8-20/h1-6,11H,7-10H2/b6-3+. The summed E-state index contributed by atoms with van der Waals surface area (Å²) in [6, 6.07) is 8.78. The summed E-state index contributed by atoms with van der Waals surface area (Å²) < 4.78 is 10.9. The molecule has 0 atom stereocenters. The van der Waals surface area contributed by atoms with E-state index in [4.69, 9.17) is 32.4 Å². The van der Waals surface area contributed by atoms with Gasteiger partial charge in [0.05, 0.1) is 18.2 Å². The lowest BCUT2D eigenvalue weighted by Gasteiger charge is -2.25. The van der Waals surface area contributed by atoms with Crippen molar-refractivity contribution >= 4 is 35.2 Å². The Kier molecular flexibility index (Phi) is 5.06. The van der Waals surface area contributed by atoms with Crippen LogP contribution in [0.4, 0.5) is 0 Å². The molecule has 0 spiro atoms. The Morgan fingerprint density at radius 1 is 1.13 bits per heavy atom. The Balaban J connectivity index is 1.73. The summed E-state index contributed by atoms with van der Waals surface area (Å²) >= 11 is 12.1. The van der Waals surface area contributed by atoms with Gasteiger partial charge < -0.3 is 14.1 Å². The summed E-state index contributed by atoms with van der Waals surface area (Å²) in [5.41, 5.74) is 0.721. The first-order valence-electron chi connectivity index (χ1n) is 7.23. The van der Waals surface area contributed by atoms with Gasteiger partial charge in [0.2, 0.25) is 5.91 Å². The minimum Gasteiger partial charge on any atom is -0.457 e. The van der Waals surface area contributed by atoms with E-state index >= 15 is 0 Å². The maximum atomic E-state index is 12.1. The van der Waals surface area contributed by atoms with Gasteiger partial charge in [-0.1, -0.05) is 23.2 Å². The maximum Gasteiger partial charge on any atom is 0.246 e. The smallest absolute Gasteiger partial charge is 0.246 e. The number of carbonyl (C=O) groups is 1. The quantitative estimate of drug-likeness (QED) is 0.781. The Hall–Kier alpha value is -1.75. The molecule has 1 fully saturated rings. The van der Waals surface area contributed by atoms with Gasteiger partial charge in [-0.3, -0.25) is 4.79 Å². The molecule has 6 heteroatoms. The fourth-order valence-corrected chi connectivity index (χ4v) is 2.70. The van der Waals surface area contributed by atoms with Crippen LogP contribution in [0.15, 0.2) is 40.8 Å². The number of carbonyl (C=O) groups excluding carboxylic acids is 1. The number of hydrogen-bond acceptors (Lipinski definition) is 3. The highest BCUT2D eigenvalue weighted by Crippen LogP contribution is 2.32. The predicted molar refractivity (Wildman–Crippen MR) is 90.6 cm³/mol. The van der Waals surface area contributed by atoms with E-state index < -0.39 is 0 Å². The number of furan rings is 1. The lowest BCUT2D eigenvalue weighted by atomic mass is 10.2. The Bertz CT molecular complexity index is 733. The maximum absolute atomic E-state index is 12.1. The number of benzene rings is 1. The predicted octanol–water partition coefficient (Wildman–Crippen LogP) is 4.13. The Morgan fingerprint density at radius 3 is 2.70 bits per heavy atom. The van der Waals surface area contributed by atoms with E-state index in [2.05, 4.69) is 0 Å². The molecule has 120 valence electrons. The average Bonchev–Trinajstić information content (AvgIpc) is 3.04. The lowest BCUT2D eigenvalue weighted by Crippen LogP contribution is -2.39. The van der Waals surface area contributed by atoms with Crippen LogP contribution in [0, 0.1) is 0 Å². The molecule has 2 heterocycles. The molecule has 2 aromatic rings. The van der Waals surface area contributed by atoms with Crippen LogP contribution in [-0.4, -0.2) is 37.1 Å². The largest absolute Gasteiger partial charge is 0.457 e. The summed E-state index contributed by atoms with van der Waals surface area (Å²) in [6.45, 7) is 2.39. The molecular formula is C17H15Cl2NO3. The zero-order valence-corrected chi connectivity index (χ0v) is 13.8. The lowest BCUT2D eigenvalue weighted by molar-refractivity contribution is -0.129. The zero-order chi connectivity index (χ0) is 16.2. The first kappa shape index (κ1) is 16.1. The number of rotatable bonds is 3. The molecule has 1 aliphatic rings. The average molecular weight is 352 g/mol. The van der Waals surface area contributed by atoms with Crippen LogP contribution < -0.4 is 0 Å². The highest BCUT2D eigenvalue weighted by atomic mass is 35.5. The number of halogens is 2. The van der Waals surface area contributed by atoms with Gasteiger partial charge in [0.15, 0.2) is 0 Å². The van der Waals surface area contributed by atoms with Crippen LogP contribution in [0.1, 0.15) is 5.76 Å². The zero-order valence-electron chi connectivity index (χ0n) is 12.3. The van der Waals surface area contributed by atoms with Crippen molar-refractivity contribution in [2.45, 2.75) is 0 Å². The minimum atomic E-state index is -0.0490. The van der Waals surface area contributed by atoms with Crippen molar-refractivity contribution in [3.8, 4) is 11.3 Å². The van der Waals surface area contributed by atoms with Crippen molar-refractivity contribution in [3.63, 3.8) is 0 Å². The molecular weight excluding hydrogens is 337 g/mol. The molecule has 0 unspecified atom stereocenters. The molecule has 3 rings (SSSR count). The van der Waals surface area contributed by atoms with Crippen molar-refractivity contribution in [1.82, 2.24) is 4.90 Å². The first-order chi connectivity index (χ1) is 11.1. The molecule has 1 aromatic heterocycles. The molecule has 0 bridgehead atoms. The van der Waals surface area contributed by atoms with Gasteiger partial charge in [-0.05, 0) is 36.4 Å². The van der Waals surface area contributed by atoms with Crippen LogP contribution in [0.5, 0.6) is 0 Å². The second-order valence-electron chi connectivity index (χ2n) is 5.10. The van der Waals surface area contributed by atoms with Gasteiger partial charge >= 0.3 is 0 Å². The molecule has 1 aliphatic heterocycles. The van der Waals surface area contributed by atoms with Gasteiger partial charge in [0.1, 0.15) is 11.5 Å². The van der Waals surface area contributed by atoms with Crippen LogP contribution >= 0.6 is 23.2 Å². The molecule has 23 heavy (non-hydrogen) atoms. The second-order valence-corrected chi connectivity index (χ2v) is 5.94. The van der Waals surface area contributed by atoms with Gasteiger partial charge in [-0.15, -0.1) is 0 Å². The van der Waals surface area contributed by atoms with Crippen molar-refractivity contribution in [2.24, 2.45) is 0 Å². The number of hydrogen-bond donors (Lipinski definition) is 0. The van der Waals surface area contributed by atoms with Crippen molar-refractivity contribution in [1.29, 1.82) is 0 Å². The summed E-state index contributed by atoms with van der Waals surface area (Å²) in [5.74, 6) is 1.14. The molecule has 4 nitrogen and oxygen atoms in total. The highest BCUT2D eigenvalue weighted by Gasteiger charge is 2.14. The van der Waals surface area contributed by atoms with Gasteiger partial charge in [0.25, 0.3) is 0 Å². The van der Waals surface area contributed by atoms with E-state index in [1.165, 1.54) is 6.08 Å². The van der Waals surface area contributed by atoms with E-state index in [1.54, 1.807) is 41.3 Å². The normalized spacial score (nSPS) is 15.3. The Morgan fingerprint density at radius 2 is 1.91 bits per heavy atom. The van der Waals surface area contributed by atoms with Crippen LogP contribution in [0.3, 0.4) is 0 Å². The number of morpholine rings is 1. The van der Waals surface area contributed by atoms with Crippen molar-refractivity contribution < 1.29 is 13.9 Å². The van der Waals surface area contributed by atoms with E-state index in [1.807, 2.05) is 0 Å². The second kappa shape index (κ2) is 7.21. The molecule has 1 aromatic carbocycles. The molecule has 0 radical (unpaired) electrons. The van der Waals surface area contributed by atoms with Gasteiger partial charge in [-0.25, -0.2) is 0 Å². The van der Waals surface area contributed by atoms with E-state index in [0.717, 1.165) is 5.56 Å². The molecule has 1 amide bonds. The number of nitrogens with zero attached hydrogens (tertiary/aromatic N) is 1. The van der Waals surface area contributed by atoms with E-state index in [9.17, 15) is 4.79 Å². The summed E-state index contributed by atoms with van der Waals surface area (Å²) in [7, 11) is 0. The third-order valence-corrected chi connectivity index (χ3v) is 4.10. The molecule has 0 N–H and O–H groups in total. The van der Waals surface area contributed by atoms with Gasteiger partial charge in [-0.2, -0.15) is 0 Å². The molecule has 0 aliphatic carbocycles. The topological polar surface area (TPSA) is 42.7 Å². The van der Waals surface area contributed by atoms with E-state index in [0.29, 0.717) is 47.9 Å². The fraction of sp³-hybridized carbons (Fsp3) is 0.235. The van der Waals surface area contributed by atoms with Crippen LogP contribution in [-0.2, 0) is 9.53 Å². The summed E-state index contributed by atoms with van der Waals surface area (Å²) in [5, 5.41) is 1.14. The first-order valence-corrected chi connectivity index (χ1v) is 7.99. The third kappa shape index (κ3) is 3.96. The monoisotopic (exact) mass is 351 g/mol. The van der Waals surface area contributed by atoms with Crippen LogP contribution in [0.25, 0.3) is 17.4 Å².